The van der Waals surface area contributed by atoms with E-state index in [0.29, 0.717) is 23.8 Å². The van der Waals surface area contributed by atoms with Gasteiger partial charge in [0.1, 0.15) is 0 Å². The summed E-state index contributed by atoms with van der Waals surface area (Å²) in [6.45, 7) is 8.35. The van der Waals surface area contributed by atoms with Crippen molar-refractivity contribution < 1.29 is 9.53 Å². The minimum Gasteiger partial charge on any atom is -0.378 e. The first-order chi connectivity index (χ1) is 12.2. The van der Waals surface area contributed by atoms with Crippen LogP contribution in [0.25, 0.3) is 0 Å². The van der Waals surface area contributed by atoms with Crippen molar-refractivity contribution in [1.29, 1.82) is 0 Å². The van der Waals surface area contributed by atoms with Crippen LogP contribution in [0, 0.1) is 11.8 Å². The number of nitrogens with zero attached hydrogens (tertiary/aromatic N) is 2. The monoisotopic (exact) mass is 351 g/mol. The number of ether oxygens (including phenoxy) is 1. The number of carbonyl (C=O) groups excluding carboxylic acids is 1. The lowest BCUT2D eigenvalue weighted by Gasteiger charge is -2.44. The molecule has 4 heterocycles. The molecule has 4 rings (SSSR count). The maximum Gasteiger partial charge on any atom is 0.239 e. The van der Waals surface area contributed by atoms with Gasteiger partial charge >= 0.3 is 0 Å². The Hall–Kier alpha value is -0.730. The summed E-state index contributed by atoms with van der Waals surface area (Å²) in [5.41, 5.74) is 6.30. The van der Waals surface area contributed by atoms with Gasteiger partial charge in [0.15, 0.2) is 0 Å². The Morgan fingerprint density at radius 3 is 2.44 bits per heavy atom. The summed E-state index contributed by atoms with van der Waals surface area (Å²) < 4.78 is 5.28. The fourth-order valence-corrected chi connectivity index (χ4v) is 4.90. The van der Waals surface area contributed by atoms with Crippen LogP contribution in [0.3, 0.4) is 0 Å². The average molecular weight is 351 g/mol. The minimum absolute atomic E-state index is 0.00720. The van der Waals surface area contributed by atoms with Gasteiger partial charge in [0.2, 0.25) is 5.91 Å². The first-order valence-corrected chi connectivity index (χ1v) is 10.0. The molecule has 0 aromatic carbocycles. The number of nitrogens with two attached hydrogens (primary N) is 1. The van der Waals surface area contributed by atoms with Gasteiger partial charge < -0.3 is 26.0 Å². The number of piperazine rings is 1. The molecule has 142 valence electrons. The van der Waals surface area contributed by atoms with Crippen molar-refractivity contribution in [3.05, 3.63) is 0 Å². The number of hydrogen-bond donors (Lipinski definition) is 3. The van der Waals surface area contributed by atoms with Crippen LogP contribution in [0.15, 0.2) is 0 Å². The molecule has 25 heavy (non-hydrogen) atoms. The maximum atomic E-state index is 12.8. The van der Waals surface area contributed by atoms with Crippen molar-refractivity contribution in [2.24, 2.45) is 17.6 Å². The molecule has 0 bridgehead atoms. The van der Waals surface area contributed by atoms with E-state index in [-0.39, 0.29) is 12.1 Å². The maximum absolute atomic E-state index is 12.8. The fourth-order valence-electron chi connectivity index (χ4n) is 4.90. The summed E-state index contributed by atoms with van der Waals surface area (Å²) in [7, 11) is 0. The molecule has 4 fully saturated rings. The highest BCUT2D eigenvalue weighted by molar-refractivity contribution is 5.82. The van der Waals surface area contributed by atoms with Crippen LogP contribution in [0.1, 0.15) is 19.3 Å². The lowest BCUT2D eigenvalue weighted by molar-refractivity contribution is -0.138. The van der Waals surface area contributed by atoms with Gasteiger partial charge in [0, 0.05) is 38.8 Å². The SMILES string of the molecule is NC1CNCCC1C1CCC(C(=O)N2CCN(C3COC3)CC2)NC1. The van der Waals surface area contributed by atoms with Crippen molar-refractivity contribution in [2.45, 2.75) is 37.4 Å². The molecule has 4 aliphatic rings. The van der Waals surface area contributed by atoms with Crippen LogP contribution in [-0.4, -0.2) is 92.9 Å². The molecule has 4 unspecified atom stereocenters. The Balaban J connectivity index is 1.23. The molecule has 0 spiro atoms. The molecule has 0 aromatic heterocycles. The van der Waals surface area contributed by atoms with Crippen molar-refractivity contribution in [1.82, 2.24) is 20.4 Å². The van der Waals surface area contributed by atoms with Crippen molar-refractivity contribution >= 4 is 5.91 Å². The third-order valence-corrected chi connectivity index (χ3v) is 6.70. The van der Waals surface area contributed by atoms with E-state index in [2.05, 4.69) is 20.4 Å². The molecule has 4 aliphatic heterocycles. The topological polar surface area (TPSA) is 82.9 Å². The van der Waals surface area contributed by atoms with Crippen LogP contribution in [-0.2, 0) is 9.53 Å². The molecule has 0 aromatic rings. The first kappa shape index (κ1) is 17.7. The minimum atomic E-state index is 0.00720. The zero-order valence-electron chi connectivity index (χ0n) is 15.2. The number of rotatable bonds is 3. The van der Waals surface area contributed by atoms with E-state index >= 15 is 0 Å². The van der Waals surface area contributed by atoms with Crippen LogP contribution in [0.5, 0.6) is 0 Å². The third-order valence-electron chi connectivity index (χ3n) is 6.70. The zero-order chi connectivity index (χ0) is 17.2. The van der Waals surface area contributed by atoms with Crippen LogP contribution < -0.4 is 16.4 Å². The smallest absolute Gasteiger partial charge is 0.239 e. The molecule has 4 N–H and O–H groups in total. The standard InChI is InChI=1S/C18H33N5O2/c19-16-10-20-4-3-15(16)13-1-2-17(21-9-13)18(24)23-7-5-22(6-8-23)14-11-25-12-14/h13-17,20-21H,1-12,19H2. The van der Waals surface area contributed by atoms with Gasteiger partial charge in [-0.1, -0.05) is 0 Å². The Bertz CT molecular complexity index is 456. The van der Waals surface area contributed by atoms with E-state index in [0.717, 1.165) is 71.9 Å². The quantitative estimate of drug-likeness (QED) is 0.595. The molecule has 0 saturated carbocycles. The molecular formula is C18H33N5O2. The van der Waals surface area contributed by atoms with Gasteiger partial charge in [-0.05, 0) is 44.2 Å². The number of hydrogen-bond acceptors (Lipinski definition) is 6. The molecule has 7 nitrogen and oxygen atoms in total. The molecule has 1 amide bonds. The molecular weight excluding hydrogens is 318 g/mol. The lowest BCUT2D eigenvalue weighted by Crippen LogP contribution is -2.60. The van der Waals surface area contributed by atoms with Gasteiger partial charge in [-0.2, -0.15) is 0 Å². The van der Waals surface area contributed by atoms with Crippen molar-refractivity contribution in [3.63, 3.8) is 0 Å². The Morgan fingerprint density at radius 2 is 1.84 bits per heavy atom. The average Bonchev–Trinajstić information content (AvgIpc) is 2.61. The van der Waals surface area contributed by atoms with Gasteiger partial charge in [-0.3, -0.25) is 9.69 Å². The summed E-state index contributed by atoms with van der Waals surface area (Å²) in [5, 5.41) is 6.92. The summed E-state index contributed by atoms with van der Waals surface area (Å²) in [5.74, 6) is 1.52. The highest BCUT2D eigenvalue weighted by Crippen LogP contribution is 2.28. The van der Waals surface area contributed by atoms with Crippen LogP contribution >= 0.6 is 0 Å². The zero-order valence-corrected chi connectivity index (χ0v) is 15.2. The summed E-state index contributed by atoms with van der Waals surface area (Å²) in [6.07, 6.45) is 3.25. The van der Waals surface area contributed by atoms with Crippen molar-refractivity contribution in [3.8, 4) is 0 Å². The largest absolute Gasteiger partial charge is 0.378 e. The number of nitrogens with one attached hydrogen (secondary N) is 2. The van der Waals surface area contributed by atoms with E-state index in [4.69, 9.17) is 10.5 Å². The van der Waals surface area contributed by atoms with Gasteiger partial charge in [-0.25, -0.2) is 0 Å². The van der Waals surface area contributed by atoms with Gasteiger partial charge in [-0.15, -0.1) is 0 Å². The fraction of sp³-hybridized carbons (Fsp3) is 0.944. The van der Waals surface area contributed by atoms with E-state index in [1.54, 1.807) is 0 Å². The second-order valence-electron chi connectivity index (χ2n) is 8.17. The van der Waals surface area contributed by atoms with Crippen molar-refractivity contribution in [2.75, 3.05) is 59.0 Å². The molecule has 0 radical (unpaired) electrons. The van der Waals surface area contributed by atoms with Gasteiger partial charge in [0.05, 0.1) is 25.3 Å². The third kappa shape index (κ3) is 3.85. The van der Waals surface area contributed by atoms with Crippen LogP contribution in [0.2, 0.25) is 0 Å². The Kier molecular flexibility index (Phi) is 5.57. The predicted octanol–water partition coefficient (Wildman–Crippen LogP) is -1.17. The molecule has 7 heteroatoms. The van der Waals surface area contributed by atoms with E-state index in [1.165, 1.54) is 6.42 Å². The first-order valence-electron chi connectivity index (χ1n) is 10.0. The number of piperidine rings is 2. The lowest BCUT2D eigenvalue weighted by atomic mass is 9.77. The summed E-state index contributed by atoms with van der Waals surface area (Å²) >= 11 is 0. The Morgan fingerprint density at radius 1 is 1.04 bits per heavy atom. The summed E-state index contributed by atoms with van der Waals surface area (Å²) in [6, 6.07) is 0.851. The second-order valence-corrected chi connectivity index (χ2v) is 8.17. The second kappa shape index (κ2) is 7.88. The number of amides is 1. The summed E-state index contributed by atoms with van der Waals surface area (Å²) in [4.78, 5) is 17.4. The van der Waals surface area contributed by atoms with E-state index < -0.39 is 0 Å². The highest BCUT2D eigenvalue weighted by Gasteiger charge is 2.36. The van der Waals surface area contributed by atoms with Gasteiger partial charge in [0.25, 0.3) is 0 Å². The van der Waals surface area contributed by atoms with E-state index in [9.17, 15) is 4.79 Å². The molecule has 0 aliphatic carbocycles. The Labute approximate surface area is 150 Å². The van der Waals surface area contributed by atoms with Crippen LogP contribution in [0.4, 0.5) is 0 Å². The normalized spacial score (nSPS) is 38.4. The molecule has 4 saturated heterocycles. The predicted molar refractivity (Wildman–Crippen MR) is 96.2 cm³/mol. The molecule has 4 atom stereocenters. The van der Waals surface area contributed by atoms with E-state index in [1.807, 2.05) is 0 Å². The highest BCUT2D eigenvalue weighted by atomic mass is 16.5. The number of carbonyl (C=O) groups is 1.